The molecule has 3 heterocycles. The highest BCUT2D eigenvalue weighted by molar-refractivity contribution is 7.92. The Morgan fingerprint density at radius 1 is 0.745 bits per heavy atom. The van der Waals surface area contributed by atoms with Crippen LogP contribution in [0.25, 0.3) is 0 Å². The maximum atomic E-state index is 13.5. The zero-order valence-electron chi connectivity index (χ0n) is 28.5. The van der Waals surface area contributed by atoms with E-state index in [2.05, 4.69) is 44.5 Å². The van der Waals surface area contributed by atoms with E-state index in [1.54, 1.807) is 19.2 Å². The Morgan fingerprint density at radius 2 is 1.29 bits per heavy atom. The van der Waals surface area contributed by atoms with Crippen molar-refractivity contribution in [1.82, 2.24) is 9.78 Å². The van der Waals surface area contributed by atoms with E-state index in [0.717, 1.165) is 67.9 Å². The van der Waals surface area contributed by atoms with Gasteiger partial charge in [-0.15, -0.1) is 0 Å². The van der Waals surface area contributed by atoms with Gasteiger partial charge >= 0.3 is 0 Å². The van der Waals surface area contributed by atoms with Crippen molar-refractivity contribution >= 4 is 56.0 Å². The van der Waals surface area contributed by atoms with Crippen LogP contribution in [0.15, 0.2) is 114 Å². The van der Waals surface area contributed by atoms with Crippen LogP contribution >= 0.6 is 23.2 Å². The van der Waals surface area contributed by atoms with Gasteiger partial charge in [0.15, 0.2) is 0 Å². The van der Waals surface area contributed by atoms with Gasteiger partial charge in [0.2, 0.25) is 0 Å². The molecule has 13 heteroatoms. The number of anilines is 4. The van der Waals surface area contributed by atoms with Gasteiger partial charge in [-0.3, -0.25) is 8.99 Å². The molecule has 0 atom stereocenters. The van der Waals surface area contributed by atoms with Gasteiger partial charge in [-0.05, 0) is 71.8 Å². The molecule has 0 amide bonds. The van der Waals surface area contributed by atoms with E-state index < -0.39 is 10.0 Å². The number of morpholine rings is 2. The van der Waals surface area contributed by atoms with Crippen LogP contribution in [0, 0.1) is 0 Å². The summed E-state index contributed by atoms with van der Waals surface area (Å²) in [6, 6.07) is 31.2. The zero-order valence-corrected chi connectivity index (χ0v) is 30.8. The molecular weight excluding hydrogens is 707 g/mol. The fourth-order valence-corrected chi connectivity index (χ4v) is 7.52. The van der Waals surface area contributed by atoms with Gasteiger partial charge in [0.05, 0.1) is 44.9 Å². The SMILES string of the molecule is Clc1ccc(CNc2cccc(N3CCOCC3)c2)cc1.Cn1cc(S(=O)(=O)N(Cc2ccc(Cl)cc2)c2cccc(N3CCOCC3)c2)cn1. The van der Waals surface area contributed by atoms with Gasteiger partial charge < -0.3 is 24.6 Å². The first-order valence-corrected chi connectivity index (χ1v) is 19.0. The van der Waals surface area contributed by atoms with Crippen molar-refractivity contribution in [2.45, 2.75) is 18.0 Å². The molecule has 4 aromatic carbocycles. The Kier molecular flexibility index (Phi) is 12.4. The molecule has 1 N–H and O–H groups in total. The lowest BCUT2D eigenvalue weighted by Crippen LogP contribution is -2.36. The average molecular weight is 750 g/mol. The summed E-state index contributed by atoms with van der Waals surface area (Å²) in [5.41, 5.74) is 6.00. The second-order valence-corrected chi connectivity index (χ2v) is 15.0. The van der Waals surface area contributed by atoms with E-state index in [-0.39, 0.29) is 11.4 Å². The Morgan fingerprint density at radius 3 is 1.86 bits per heavy atom. The van der Waals surface area contributed by atoms with Crippen molar-refractivity contribution in [2.75, 3.05) is 72.0 Å². The molecule has 5 aromatic rings. The number of nitrogens with one attached hydrogen (secondary N) is 1. The van der Waals surface area contributed by atoms with Gasteiger partial charge in [-0.2, -0.15) is 5.10 Å². The maximum Gasteiger partial charge on any atom is 0.267 e. The van der Waals surface area contributed by atoms with E-state index >= 15 is 0 Å². The maximum absolute atomic E-state index is 13.5. The van der Waals surface area contributed by atoms with Crippen molar-refractivity contribution in [2.24, 2.45) is 7.05 Å². The molecule has 7 rings (SSSR count). The van der Waals surface area contributed by atoms with Gasteiger partial charge in [-0.1, -0.05) is 59.6 Å². The normalized spacial score (nSPS) is 14.8. The Hall–Kier alpha value is -4.26. The summed E-state index contributed by atoms with van der Waals surface area (Å²) < 4.78 is 40.8. The number of benzene rings is 4. The average Bonchev–Trinajstić information content (AvgIpc) is 3.62. The molecule has 2 aliphatic rings. The molecule has 2 fully saturated rings. The van der Waals surface area contributed by atoms with Crippen molar-refractivity contribution in [3.63, 3.8) is 0 Å². The number of hydrogen-bond acceptors (Lipinski definition) is 8. The number of halogens is 2. The first kappa shape index (κ1) is 36.5. The van der Waals surface area contributed by atoms with Crippen LogP contribution in [-0.2, 0) is 39.6 Å². The first-order chi connectivity index (χ1) is 24.7. The van der Waals surface area contributed by atoms with Crippen LogP contribution in [0.2, 0.25) is 10.0 Å². The quantitative estimate of drug-likeness (QED) is 0.162. The standard InChI is InChI=1S/C21H23ClN4O3S.C17H19ClN2O/c1-24-16-21(14-23-24)30(27,28)26(15-17-5-7-18(22)8-6-17)20-4-2-3-19(13-20)25-9-11-29-12-10-25;18-15-6-4-14(5-7-15)13-19-16-2-1-3-17(12-16)20-8-10-21-11-9-20/h2-8,13-14,16H,9-12,15H2,1H3;1-7,12,19H,8-11,13H2. The van der Waals surface area contributed by atoms with E-state index in [9.17, 15) is 8.42 Å². The number of rotatable bonds is 10. The predicted molar refractivity (Wildman–Crippen MR) is 206 cm³/mol. The molecule has 0 saturated carbocycles. The molecule has 0 bridgehead atoms. The van der Waals surface area contributed by atoms with Crippen LogP contribution in [0.3, 0.4) is 0 Å². The second kappa shape index (κ2) is 17.3. The van der Waals surface area contributed by atoms with Crippen molar-refractivity contribution in [1.29, 1.82) is 0 Å². The monoisotopic (exact) mass is 748 g/mol. The highest BCUT2D eigenvalue weighted by atomic mass is 35.5. The number of nitrogens with zero attached hydrogens (tertiary/aromatic N) is 5. The minimum Gasteiger partial charge on any atom is -0.381 e. The summed E-state index contributed by atoms with van der Waals surface area (Å²) in [6.07, 6.45) is 2.88. The molecule has 0 spiro atoms. The van der Waals surface area contributed by atoms with Crippen LogP contribution < -0.4 is 19.4 Å². The fraction of sp³-hybridized carbons (Fsp3) is 0.289. The lowest BCUT2D eigenvalue weighted by molar-refractivity contribution is 0.122. The number of hydrogen-bond donors (Lipinski definition) is 1. The number of ether oxygens (including phenoxy) is 2. The summed E-state index contributed by atoms with van der Waals surface area (Å²) in [5, 5.41) is 8.88. The molecule has 0 aliphatic carbocycles. The highest BCUT2D eigenvalue weighted by Gasteiger charge is 2.27. The third kappa shape index (κ3) is 9.96. The van der Waals surface area contributed by atoms with Gasteiger partial charge in [-0.25, -0.2) is 8.42 Å². The lowest BCUT2D eigenvalue weighted by atomic mass is 10.2. The van der Waals surface area contributed by atoms with E-state index in [1.165, 1.54) is 32.6 Å². The van der Waals surface area contributed by atoms with Gasteiger partial charge in [0.25, 0.3) is 10.0 Å². The summed E-state index contributed by atoms with van der Waals surface area (Å²) >= 11 is 11.9. The van der Waals surface area contributed by atoms with Gasteiger partial charge in [0.1, 0.15) is 4.90 Å². The molecule has 0 radical (unpaired) electrons. The summed E-state index contributed by atoms with van der Waals surface area (Å²) in [4.78, 5) is 4.71. The molecule has 1 aromatic heterocycles. The fourth-order valence-electron chi connectivity index (χ4n) is 5.84. The molecule has 2 aliphatic heterocycles. The van der Waals surface area contributed by atoms with E-state index in [1.807, 2.05) is 60.7 Å². The third-order valence-electron chi connectivity index (χ3n) is 8.63. The van der Waals surface area contributed by atoms with E-state index in [4.69, 9.17) is 32.7 Å². The third-order valence-corrected chi connectivity index (χ3v) is 10.9. The number of sulfonamides is 1. The summed E-state index contributed by atoms with van der Waals surface area (Å²) in [6.45, 7) is 7.38. The summed E-state index contributed by atoms with van der Waals surface area (Å²) in [5.74, 6) is 0. The molecule has 0 unspecified atom stereocenters. The second-order valence-electron chi connectivity index (χ2n) is 12.2. The van der Waals surface area contributed by atoms with Gasteiger partial charge in [0, 0.05) is 73.1 Å². The lowest BCUT2D eigenvalue weighted by Gasteiger charge is -2.30. The van der Waals surface area contributed by atoms with Crippen molar-refractivity contribution < 1.29 is 17.9 Å². The van der Waals surface area contributed by atoms with Crippen LogP contribution in [0.5, 0.6) is 0 Å². The highest BCUT2D eigenvalue weighted by Crippen LogP contribution is 2.30. The van der Waals surface area contributed by atoms with Crippen molar-refractivity contribution in [3.8, 4) is 0 Å². The molecule has 2 saturated heterocycles. The van der Waals surface area contributed by atoms with E-state index in [0.29, 0.717) is 23.9 Å². The van der Waals surface area contributed by atoms with Crippen LogP contribution in [0.4, 0.5) is 22.7 Å². The molecule has 268 valence electrons. The number of aromatic nitrogens is 2. The Balaban J connectivity index is 0.000000187. The molecular formula is C38H42Cl2N6O4S. The first-order valence-electron chi connectivity index (χ1n) is 16.8. The van der Waals surface area contributed by atoms with Crippen molar-refractivity contribution in [3.05, 3.63) is 131 Å². The zero-order chi connectivity index (χ0) is 35.6. The summed E-state index contributed by atoms with van der Waals surface area (Å²) in [7, 11) is -2.12. The smallest absolute Gasteiger partial charge is 0.267 e. The molecule has 10 nitrogen and oxygen atoms in total. The minimum atomic E-state index is -3.82. The number of aryl methyl sites for hydroxylation is 1. The Bertz CT molecular complexity index is 1960. The Labute approximate surface area is 310 Å². The predicted octanol–water partition coefficient (Wildman–Crippen LogP) is 7.09. The largest absolute Gasteiger partial charge is 0.381 e. The van der Waals surface area contributed by atoms with Crippen LogP contribution in [0.1, 0.15) is 11.1 Å². The minimum absolute atomic E-state index is 0.149. The molecule has 51 heavy (non-hydrogen) atoms. The topological polar surface area (TPSA) is 92.2 Å². The van der Waals surface area contributed by atoms with Crippen LogP contribution in [-0.4, -0.2) is 70.8 Å².